The molecule has 0 N–H and O–H groups in total. The molecule has 0 fully saturated rings. The van der Waals surface area contributed by atoms with Gasteiger partial charge in [0.05, 0.1) is 18.7 Å². The molecule has 1 amide bonds. The lowest BCUT2D eigenvalue weighted by Gasteiger charge is -2.27. The zero-order valence-electron chi connectivity index (χ0n) is 17.3. The van der Waals surface area contributed by atoms with Gasteiger partial charge < -0.3 is 0 Å². The van der Waals surface area contributed by atoms with Gasteiger partial charge in [-0.05, 0) is 43.2 Å². The second-order valence-electron chi connectivity index (χ2n) is 6.64. The summed E-state index contributed by atoms with van der Waals surface area (Å²) in [6.45, 7) is 1.68. The maximum atomic E-state index is 13.1. The first-order valence-corrected chi connectivity index (χ1v) is 10.3. The van der Waals surface area contributed by atoms with E-state index in [0.717, 1.165) is 9.75 Å². The molecule has 1 aromatic carbocycles. The molecule has 0 aliphatic heterocycles. The van der Waals surface area contributed by atoms with Crippen LogP contribution in [-0.2, 0) is 18.3 Å². The molecule has 0 bridgehead atoms. The summed E-state index contributed by atoms with van der Waals surface area (Å²) < 4.78 is 39.0. The molecule has 32 heavy (non-hydrogen) atoms. The third-order valence-electron chi connectivity index (χ3n) is 4.27. The SMILES string of the molecule is CON(C(=O)c1cn(C)nc1C(F)F)C(C)Cc1c(Cl)cc(Cl)cc1Cl.Fn1cccc1. The van der Waals surface area contributed by atoms with Crippen LogP contribution < -0.4 is 0 Å². The Hall–Kier alpha value is -2.20. The highest BCUT2D eigenvalue weighted by Gasteiger charge is 2.30. The zero-order valence-corrected chi connectivity index (χ0v) is 19.5. The number of benzene rings is 1. The normalized spacial score (nSPS) is 11.8. The van der Waals surface area contributed by atoms with E-state index in [2.05, 4.69) is 5.10 Å². The first-order chi connectivity index (χ1) is 15.0. The van der Waals surface area contributed by atoms with Gasteiger partial charge in [-0.2, -0.15) is 9.89 Å². The average molecular weight is 512 g/mol. The Balaban J connectivity index is 0.000000520. The van der Waals surface area contributed by atoms with Crippen LogP contribution in [0.4, 0.5) is 13.3 Å². The van der Waals surface area contributed by atoms with E-state index in [-0.39, 0.29) is 12.0 Å². The molecule has 3 rings (SSSR count). The predicted octanol–water partition coefficient (Wildman–Crippen LogP) is 6.17. The molecule has 0 radical (unpaired) electrons. The minimum absolute atomic E-state index is 0.232. The summed E-state index contributed by atoms with van der Waals surface area (Å²) in [5.41, 5.74) is -0.265. The van der Waals surface area contributed by atoms with E-state index in [1.54, 1.807) is 19.1 Å². The van der Waals surface area contributed by atoms with Crippen molar-refractivity contribution in [2.75, 3.05) is 7.11 Å². The Bertz CT molecular complexity index is 1020. The fourth-order valence-corrected chi connectivity index (χ4v) is 3.84. The highest BCUT2D eigenvalue weighted by molar-refractivity contribution is 6.39. The van der Waals surface area contributed by atoms with Crippen molar-refractivity contribution in [2.45, 2.75) is 25.8 Å². The molecule has 174 valence electrons. The first kappa shape index (κ1) is 26.1. The number of hydroxylamine groups is 2. The molecule has 0 spiro atoms. The van der Waals surface area contributed by atoms with Crippen LogP contribution in [0.15, 0.2) is 42.9 Å². The number of amides is 1. The van der Waals surface area contributed by atoms with E-state index in [1.807, 2.05) is 0 Å². The van der Waals surface area contributed by atoms with E-state index in [0.29, 0.717) is 25.4 Å². The molecule has 1 atom stereocenters. The summed E-state index contributed by atoms with van der Waals surface area (Å²) in [7, 11) is 2.73. The number of hydrogen-bond acceptors (Lipinski definition) is 3. The van der Waals surface area contributed by atoms with E-state index in [9.17, 15) is 18.1 Å². The molecule has 0 saturated heterocycles. The van der Waals surface area contributed by atoms with Gasteiger partial charge in [-0.1, -0.05) is 39.3 Å². The molecule has 0 aliphatic rings. The number of nitrogens with zero attached hydrogens (tertiary/aromatic N) is 4. The van der Waals surface area contributed by atoms with Crippen LogP contribution in [0.25, 0.3) is 0 Å². The number of alkyl halides is 2. The smallest absolute Gasteiger partial charge is 0.275 e. The van der Waals surface area contributed by atoms with Crippen molar-refractivity contribution in [1.82, 2.24) is 19.6 Å². The second kappa shape index (κ2) is 11.6. The van der Waals surface area contributed by atoms with Crippen molar-refractivity contribution in [3.8, 4) is 0 Å². The van der Waals surface area contributed by atoms with Crippen LogP contribution in [0.2, 0.25) is 15.1 Å². The molecular formula is C20H20Cl3F3N4O2. The van der Waals surface area contributed by atoms with Crippen molar-refractivity contribution >= 4 is 40.7 Å². The third kappa shape index (κ3) is 6.65. The van der Waals surface area contributed by atoms with Crippen molar-refractivity contribution in [3.05, 3.63) is 74.7 Å². The maximum Gasteiger partial charge on any atom is 0.282 e. The van der Waals surface area contributed by atoms with Crippen LogP contribution >= 0.6 is 34.8 Å². The number of carbonyl (C=O) groups excluding carboxylic acids is 1. The van der Waals surface area contributed by atoms with E-state index >= 15 is 0 Å². The quantitative estimate of drug-likeness (QED) is 0.372. The van der Waals surface area contributed by atoms with Crippen LogP contribution in [-0.4, -0.2) is 38.7 Å². The average Bonchev–Trinajstić information content (AvgIpc) is 3.34. The van der Waals surface area contributed by atoms with Gasteiger partial charge >= 0.3 is 0 Å². The minimum Gasteiger partial charge on any atom is -0.275 e. The first-order valence-electron chi connectivity index (χ1n) is 9.17. The van der Waals surface area contributed by atoms with E-state index < -0.39 is 24.1 Å². The Morgan fingerprint density at radius 1 is 1.19 bits per heavy atom. The second-order valence-corrected chi connectivity index (χ2v) is 7.90. The van der Waals surface area contributed by atoms with Gasteiger partial charge in [0.1, 0.15) is 5.69 Å². The van der Waals surface area contributed by atoms with Crippen LogP contribution in [0.1, 0.15) is 35.0 Å². The topological polar surface area (TPSA) is 52.3 Å². The summed E-state index contributed by atoms with van der Waals surface area (Å²) in [5.74, 6) is -0.732. The molecule has 2 aromatic heterocycles. The number of halogens is 6. The Morgan fingerprint density at radius 3 is 2.19 bits per heavy atom. The van der Waals surface area contributed by atoms with Crippen molar-refractivity contribution in [2.24, 2.45) is 7.05 Å². The molecule has 0 saturated carbocycles. The van der Waals surface area contributed by atoms with E-state index in [4.69, 9.17) is 39.6 Å². The highest BCUT2D eigenvalue weighted by Crippen LogP contribution is 2.31. The Morgan fingerprint density at radius 2 is 1.75 bits per heavy atom. The van der Waals surface area contributed by atoms with Crippen LogP contribution in [0, 0.1) is 0 Å². The maximum absolute atomic E-state index is 13.1. The van der Waals surface area contributed by atoms with Gasteiger partial charge in [-0.3, -0.25) is 14.3 Å². The van der Waals surface area contributed by atoms with Gasteiger partial charge in [-0.15, -0.1) is 0 Å². The lowest BCUT2D eigenvalue weighted by atomic mass is 10.1. The van der Waals surface area contributed by atoms with Gasteiger partial charge in [0.2, 0.25) is 0 Å². The number of aryl methyl sites for hydroxylation is 1. The molecule has 6 nitrogen and oxygen atoms in total. The molecule has 3 aromatic rings. The van der Waals surface area contributed by atoms with Crippen LogP contribution in [0.3, 0.4) is 0 Å². The van der Waals surface area contributed by atoms with Gasteiger partial charge in [0, 0.05) is 40.7 Å². The molecule has 12 heteroatoms. The highest BCUT2D eigenvalue weighted by atomic mass is 35.5. The summed E-state index contributed by atoms with van der Waals surface area (Å²) in [4.78, 5) is 18.3. The largest absolute Gasteiger partial charge is 0.282 e. The number of carbonyl (C=O) groups is 1. The summed E-state index contributed by atoms with van der Waals surface area (Å²) in [6, 6.07) is 5.77. The molecule has 2 heterocycles. The lowest BCUT2D eigenvalue weighted by Crippen LogP contribution is -2.39. The third-order valence-corrected chi connectivity index (χ3v) is 5.16. The van der Waals surface area contributed by atoms with Gasteiger partial charge in [-0.25, -0.2) is 13.8 Å². The van der Waals surface area contributed by atoms with Crippen molar-refractivity contribution in [3.63, 3.8) is 0 Å². The van der Waals surface area contributed by atoms with E-state index in [1.165, 1.54) is 44.9 Å². The number of rotatable bonds is 6. The summed E-state index contributed by atoms with van der Waals surface area (Å²) in [5, 5.41) is 5.69. The fourth-order valence-electron chi connectivity index (χ4n) is 2.87. The number of aromatic nitrogens is 3. The molecule has 1 unspecified atom stereocenters. The van der Waals surface area contributed by atoms with Crippen molar-refractivity contribution < 1.29 is 22.9 Å². The predicted molar refractivity (Wildman–Crippen MR) is 117 cm³/mol. The minimum atomic E-state index is -2.88. The van der Waals surface area contributed by atoms with Crippen LogP contribution in [0.5, 0.6) is 0 Å². The number of hydrogen-bond donors (Lipinski definition) is 0. The van der Waals surface area contributed by atoms with Gasteiger partial charge in [0.25, 0.3) is 12.3 Å². The fraction of sp³-hybridized carbons (Fsp3) is 0.300. The Kier molecular flexibility index (Phi) is 9.45. The van der Waals surface area contributed by atoms with Crippen molar-refractivity contribution in [1.29, 1.82) is 0 Å². The summed E-state index contributed by atoms with van der Waals surface area (Å²) >= 11 is 18.2. The zero-order chi connectivity index (χ0) is 24.0. The summed E-state index contributed by atoms with van der Waals surface area (Å²) in [6.07, 6.45) is 1.24. The lowest BCUT2D eigenvalue weighted by molar-refractivity contribution is -0.119. The Labute approximate surface area is 197 Å². The molecule has 0 aliphatic carbocycles. The van der Waals surface area contributed by atoms with Gasteiger partial charge in [0.15, 0.2) is 0 Å². The standard InChI is InChI=1S/C16H16Cl3F2N3O2.C4H4FN/c1-8(4-10-12(18)5-9(17)6-13(10)19)24(26-3)16(25)11-7-23(2)22-14(11)15(20)21;5-6-3-1-2-4-6/h5-8,15H,4H2,1-3H3;1-4H. The molecular weight excluding hydrogens is 492 g/mol. The monoisotopic (exact) mass is 510 g/mol.